The van der Waals surface area contributed by atoms with Crippen LogP contribution in [0.2, 0.25) is 5.02 Å². The van der Waals surface area contributed by atoms with Gasteiger partial charge in [-0.15, -0.1) is 0 Å². The molecule has 3 aromatic carbocycles. The van der Waals surface area contributed by atoms with Gasteiger partial charge in [0.15, 0.2) is 0 Å². The standard InChI is InChI=1S/C21H19ClFNO/c1-24-18-9-6-14(7-10-18)12-16-8-11-19(25-2)20(21(16)23)15-4-3-5-17(22)13-15/h3-11,13,24H,12H2,1-2H3. The van der Waals surface area contributed by atoms with E-state index in [4.69, 9.17) is 16.3 Å². The summed E-state index contributed by atoms with van der Waals surface area (Å²) in [5.74, 6) is 0.216. The van der Waals surface area contributed by atoms with Crippen molar-refractivity contribution in [3.05, 3.63) is 82.6 Å². The van der Waals surface area contributed by atoms with Crippen molar-refractivity contribution in [1.29, 1.82) is 0 Å². The van der Waals surface area contributed by atoms with Crippen LogP contribution in [0.4, 0.5) is 10.1 Å². The Labute approximate surface area is 152 Å². The first-order valence-electron chi connectivity index (χ1n) is 8.00. The largest absolute Gasteiger partial charge is 0.496 e. The van der Waals surface area contributed by atoms with Crippen LogP contribution in [0.5, 0.6) is 5.75 Å². The zero-order valence-electron chi connectivity index (χ0n) is 14.1. The van der Waals surface area contributed by atoms with E-state index in [-0.39, 0.29) is 5.82 Å². The van der Waals surface area contributed by atoms with Crippen molar-refractivity contribution in [1.82, 2.24) is 0 Å². The van der Waals surface area contributed by atoms with Gasteiger partial charge in [-0.25, -0.2) is 4.39 Å². The first kappa shape index (κ1) is 17.3. The van der Waals surface area contributed by atoms with E-state index in [0.717, 1.165) is 11.3 Å². The molecule has 128 valence electrons. The van der Waals surface area contributed by atoms with E-state index >= 15 is 4.39 Å². The quantitative estimate of drug-likeness (QED) is 0.625. The van der Waals surface area contributed by atoms with Crippen molar-refractivity contribution in [2.75, 3.05) is 19.5 Å². The summed E-state index contributed by atoms with van der Waals surface area (Å²) >= 11 is 6.07. The number of rotatable bonds is 5. The molecule has 0 amide bonds. The number of halogens is 2. The van der Waals surface area contributed by atoms with Crippen LogP contribution in [-0.4, -0.2) is 14.2 Å². The molecule has 0 bridgehead atoms. The Hall–Kier alpha value is -2.52. The number of hydrogen-bond acceptors (Lipinski definition) is 2. The van der Waals surface area contributed by atoms with Gasteiger partial charge in [-0.05, 0) is 47.0 Å². The molecule has 0 saturated carbocycles. The normalized spacial score (nSPS) is 10.6. The number of ether oxygens (including phenoxy) is 1. The van der Waals surface area contributed by atoms with E-state index in [0.29, 0.717) is 33.9 Å². The van der Waals surface area contributed by atoms with E-state index in [2.05, 4.69) is 5.32 Å². The molecule has 0 heterocycles. The van der Waals surface area contributed by atoms with Crippen molar-refractivity contribution in [2.24, 2.45) is 0 Å². The van der Waals surface area contributed by atoms with Crippen LogP contribution in [0.15, 0.2) is 60.7 Å². The third-order valence-electron chi connectivity index (χ3n) is 4.15. The van der Waals surface area contributed by atoms with Crippen molar-refractivity contribution in [2.45, 2.75) is 6.42 Å². The van der Waals surface area contributed by atoms with Crippen LogP contribution >= 0.6 is 11.6 Å². The maximum absolute atomic E-state index is 15.2. The van der Waals surface area contributed by atoms with Crippen LogP contribution in [0, 0.1) is 5.82 Å². The number of nitrogens with one attached hydrogen (secondary N) is 1. The van der Waals surface area contributed by atoms with Gasteiger partial charge in [0.2, 0.25) is 0 Å². The van der Waals surface area contributed by atoms with E-state index < -0.39 is 0 Å². The second-order valence-corrected chi connectivity index (χ2v) is 6.19. The third kappa shape index (κ3) is 3.77. The van der Waals surface area contributed by atoms with Crippen LogP contribution in [0.3, 0.4) is 0 Å². The van der Waals surface area contributed by atoms with Crippen LogP contribution < -0.4 is 10.1 Å². The summed E-state index contributed by atoms with van der Waals surface area (Å²) in [6.07, 6.45) is 0.507. The topological polar surface area (TPSA) is 21.3 Å². The molecule has 0 spiro atoms. The minimum absolute atomic E-state index is 0.278. The van der Waals surface area contributed by atoms with Crippen molar-refractivity contribution >= 4 is 17.3 Å². The zero-order valence-corrected chi connectivity index (χ0v) is 14.9. The average molecular weight is 356 g/mol. The monoisotopic (exact) mass is 355 g/mol. The number of methoxy groups -OCH3 is 1. The average Bonchev–Trinajstić information content (AvgIpc) is 2.63. The van der Waals surface area contributed by atoms with Gasteiger partial charge in [-0.1, -0.05) is 41.9 Å². The summed E-state index contributed by atoms with van der Waals surface area (Å²) in [6, 6.07) is 18.7. The summed E-state index contributed by atoms with van der Waals surface area (Å²) in [4.78, 5) is 0. The summed E-state index contributed by atoms with van der Waals surface area (Å²) in [6.45, 7) is 0. The van der Waals surface area contributed by atoms with Gasteiger partial charge >= 0.3 is 0 Å². The Kier molecular flexibility index (Phi) is 5.25. The van der Waals surface area contributed by atoms with Crippen LogP contribution in [-0.2, 0) is 6.42 Å². The minimum atomic E-state index is -0.278. The van der Waals surface area contributed by atoms with Crippen LogP contribution in [0.1, 0.15) is 11.1 Å². The maximum Gasteiger partial charge on any atom is 0.138 e. The second-order valence-electron chi connectivity index (χ2n) is 5.75. The molecule has 0 aliphatic carbocycles. The minimum Gasteiger partial charge on any atom is -0.496 e. The predicted octanol–water partition coefficient (Wildman–Crippen LogP) is 5.79. The lowest BCUT2D eigenvalue weighted by Gasteiger charge is -2.14. The fraction of sp³-hybridized carbons (Fsp3) is 0.143. The zero-order chi connectivity index (χ0) is 17.8. The van der Waals surface area contributed by atoms with Crippen molar-refractivity contribution in [3.8, 4) is 16.9 Å². The van der Waals surface area contributed by atoms with E-state index in [1.54, 1.807) is 37.4 Å². The fourth-order valence-electron chi connectivity index (χ4n) is 2.83. The van der Waals surface area contributed by atoms with Gasteiger partial charge in [0.1, 0.15) is 11.6 Å². The van der Waals surface area contributed by atoms with Gasteiger partial charge in [-0.3, -0.25) is 0 Å². The number of hydrogen-bond donors (Lipinski definition) is 1. The van der Waals surface area contributed by atoms with Crippen molar-refractivity contribution in [3.63, 3.8) is 0 Å². The maximum atomic E-state index is 15.2. The number of benzene rings is 3. The van der Waals surface area contributed by atoms with Gasteiger partial charge in [0.25, 0.3) is 0 Å². The first-order valence-corrected chi connectivity index (χ1v) is 8.38. The highest BCUT2D eigenvalue weighted by molar-refractivity contribution is 6.30. The molecule has 0 radical (unpaired) electrons. The SMILES string of the molecule is CNc1ccc(Cc2ccc(OC)c(-c3cccc(Cl)c3)c2F)cc1. The molecule has 0 aliphatic rings. The highest BCUT2D eigenvalue weighted by atomic mass is 35.5. The lowest BCUT2D eigenvalue weighted by Crippen LogP contribution is -1.99. The summed E-state index contributed by atoms with van der Waals surface area (Å²) in [5.41, 5.74) is 3.83. The molecular formula is C21H19ClFNO. The predicted molar refractivity (Wildman–Crippen MR) is 102 cm³/mol. The molecule has 25 heavy (non-hydrogen) atoms. The molecule has 0 saturated heterocycles. The Morgan fingerprint density at radius 1 is 1.04 bits per heavy atom. The Morgan fingerprint density at radius 3 is 2.44 bits per heavy atom. The highest BCUT2D eigenvalue weighted by Crippen LogP contribution is 2.36. The van der Waals surface area contributed by atoms with Gasteiger partial charge in [0.05, 0.1) is 12.7 Å². The third-order valence-corrected chi connectivity index (χ3v) is 4.39. The fourth-order valence-corrected chi connectivity index (χ4v) is 3.02. The smallest absolute Gasteiger partial charge is 0.138 e. The molecule has 2 nitrogen and oxygen atoms in total. The molecule has 0 unspecified atom stereocenters. The Balaban J connectivity index is 2.02. The van der Waals surface area contributed by atoms with Gasteiger partial charge < -0.3 is 10.1 Å². The molecular weight excluding hydrogens is 337 g/mol. The van der Waals surface area contributed by atoms with Crippen LogP contribution in [0.25, 0.3) is 11.1 Å². The molecule has 1 N–H and O–H groups in total. The van der Waals surface area contributed by atoms with E-state index in [1.807, 2.05) is 37.4 Å². The molecule has 4 heteroatoms. The summed E-state index contributed by atoms with van der Waals surface area (Å²) < 4.78 is 20.6. The van der Waals surface area contributed by atoms with Gasteiger partial charge in [-0.2, -0.15) is 0 Å². The summed E-state index contributed by atoms with van der Waals surface area (Å²) in [5, 5.41) is 3.64. The Morgan fingerprint density at radius 2 is 1.80 bits per heavy atom. The van der Waals surface area contributed by atoms with E-state index in [1.165, 1.54) is 0 Å². The first-order chi connectivity index (χ1) is 12.1. The van der Waals surface area contributed by atoms with Gasteiger partial charge in [0, 0.05) is 24.2 Å². The molecule has 0 fully saturated rings. The second kappa shape index (κ2) is 7.58. The van der Waals surface area contributed by atoms with E-state index in [9.17, 15) is 0 Å². The lowest BCUT2D eigenvalue weighted by molar-refractivity contribution is 0.413. The molecule has 0 aliphatic heterocycles. The van der Waals surface area contributed by atoms with Crippen molar-refractivity contribution < 1.29 is 9.13 Å². The molecule has 3 rings (SSSR count). The molecule has 3 aromatic rings. The lowest BCUT2D eigenvalue weighted by atomic mass is 9.97. The molecule has 0 atom stereocenters. The highest BCUT2D eigenvalue weighted by Gasteiger charge is 2.16. The summed E-state index contributed by atoms with van der Waals surface area (Å²) in [7, 11) is 3.41. The number of anilines is 1. The Bertz CT molecular complexity index is 878. The molecule has 0 aromatic heterocycles.